The van der Waals surface area contributed by atoms with E-state index in [9.17, 15) is 14.9 Å². The number of carbonyl (C=O) groups excluding carboxylic acids is 1. The van der Waals surface area contributed by atoms with Gasteiger partial charge >= 0.3 is 5.97 Å². The molecule has 2 atom stereocenters. The van der Waals surface area contributed by atoms with E-state index >= 15 is 0 Å². The highest BCUT2D eigenvalue weighted by Gasteiger charge is 2.54. The van der Waals surface area contributed by atoms with Gasteiger partial charge in [-0.1, -0.05) is 11.2 Å². The molecule has 20 heavy (non-hydrogen) atoms. The fourth-order valence-corrected chi connectivity index (χ4v) is 2.51. The van der Waals surface area contributed by atoms with E-state index in [4.69, 9.17) is 9.26 Å². The molecule has 0 aromatic carbocycles. The van der Waals surface area contributed by atoms with Crippen molar-refractivity contribution in [2.75, 3.05) is 0 Å². The molecule has 3 rings (SSSR count). The van der Waals surface area contributed by atoms with Gasteiger partial charge in [0.1, 0.15) is 18.2 Å². The third-order valence-corrected chi connectivity index (χ3v) is 3.90. The maximum absolute atomic E-state index is 11.5. The Morgan fingerprint density at radius 3 is 3.15 bits per heavy atom. The standard InChI is InChI=1S/C12H10N2O5S/c15-12(8-5-9(8)14(16)17)18-6-7-4-10(19-13-7)11-2-1-3-20-11/h1-4,8-9H,5-6H2. The lowest BCUT2D eigenvalue weighted by Crippen LogP contribution is -2.13. The van der Waals surface area contributed by atoms with Crippen LogP contribution < -0.4 is 0 Å². The third kappa shape index (κ3) is 2.55. The zero-order chi connectivity index (χ0) is 14.1. The van der Waals surface area contributed by atoms with Gasteiger partial charge in [0.15, 0.2) is 5.76 Å². The van der Waals surface area contributed by atoms with Gasteiger partial charge < -0.3 is 9.26 Å². The molecule has 1 aliphatic rings. The Morgan fingerprint density at radius 2 is 2.50 bits per heavy atom. The minimum Gasteiger partial charge on any atom is -0.459 e. The van der Waals surface area contributed by atoms with Gasteiger partial charge in [0, 0.05) is 17.4 Å². The zero-order valence-electron chi connectivity index (χ0n) is 10.2. The molecule has 0 aliphatic heterocycles. The van der Waals surface area contributed by atoms with Gasteiger partial charge in [-0.3, -0.25) is 14.9 Å². The number of esters is 1. The largest absolute Gasteiger partial charge is 0.459 e. The van der Waals surface area contributed by atoms with Crippen LogP contribution in [0, 0.1) is 16.0 Å². The number of carbonyl (C=O) groups is 1. The second kappa shape index (κ2) is 5.04. The van der Waals surface area contributed by atoms with Gasteiger partial charge in [0.05, 0.1) is 4.88 Å². The molecular weight excluding hydrogens is 284 g/mol. The Kier molecular flexibility index (Phi) is 3.23. The summed E-state index contributed by atoms with van der Waals surface area (Å²) >= 11 is 1.52. The van der Waals surface area contributed by atoms with Crippen LogP contribution in [0.1, 0.15) is 12.1 Å². The van der Waals surface area contributed by atoms with E-state index in [-0.39, 0.29) is 13.0 Å². The molecule has 0 spiro atoms. The molecule has 0 bridgehead atoms. The molecule has 2 aromatic rings. The molecule has 1 aliphatic carbocycles. The minimum absolute atomic E-state index is 0.0331. The summed E-state index contributed by atoms with van der Waals surface area (Å²) in [6.45, 7) is -0.0331. The van der Waals surface area contributed by atoms with Crippen LogP contribution in [0.5, 0.6) is 0 Å². The first kappa shape index (κ1) is 12.8. The molecule has 0 N–H and O–H groups in total. The predicted octanol–water partition coefficient (Wildman–Crippen LogP) is 2.11. The Labute approximate surface area is 117 Å². The average Bonchev–Trinajstić information content (AvgIpc) is 2.86. The fraction of sp³-hybridized carbons (Fsp3) is 0.333. The van der Waals surface area contributed by atoms with E-state index in [1.54, 1.807) is 6.07 Å². The first-order valence-electron chi connectivity index (χ1n) is 5.95. The Balaban J connectivity index is 1.54. The second-order valence-electron chi connectivity index (χ2n) is 4.46. The molecule has 7 nitrogen and oxygen atoms in total. The summed E-state index contributed by atoms with van der Waals surface area (Å²) in [5.41, 5.74) is 0.486. The van der Waals surface area contributed by atoms with Crippen molar-refractivity contribution in [1.82, 2.24) is 5.16 Å². The lowest BCUT2D eigenvalue weighted by molar-refractivity contribution is -0.497. The number of hydrogen-bond acceptors (Lipinski definition) is 7. The van der Waals surface area contributed by atoms with Crippen molar-refractivity contribution in [1.29, 1.82) is 0 Å². The Morgan fingerprint density at radius 1 is 1.65 bits per heavy atom. The molecule has 0 amide bonds. The van der Waals surface area contributed by atoms with E-state index in [1.165, 1.54) is 11.3 Å². The quantitative estimate of drug-likeness (QED) is 0.476. The maximum atomic E-state index is 11.5. The van der Waals surface area contributed by atoms with E-state index < -0.39 is 22.9 Å². The van der Waals surface area contributed by atoms with Crippen LogP contribution in [0.25, 0.3) is 10.6 Å². The number of ether oxygens (including phenoxy) is 1. The van der Waals surface area contributed by atoms with Crippen molar-refractivity contribution < 1.29 is 19.0 Å². The van der Waals surface area contributed by atoms with Crippen LogP contribution >= 0.6 is 11.3 Å². The molecule has 0 saturated heterocycles. The van der Waals surface area contributed by atoms with Gasteiger partial charge in [0.25, 0.3) is 0 Å². The minimum atomic E-state index is -0.790. The van der Waals surface area contributed by atoms with Gasteiger partial charge in [-0.25, -0.2) is 0 Å². The third-order valence-electron chi connectivity index (χ3n) is 3.02. The highest BCUT2D eigenvalue weighted by molar-refractivity contribution is 7.13. The zero-order valence-corrected chi connectivity index (χ0v) is 11.0. The number of thiophene rings is 1. The summed E-state index contributed by atoms with van der Waals surface area (Å²) in [6, 6.07) is 4.69. The monoisotopic (exact) mass is 294 g/mol. The number of hydrogen-bond donors (Lipinski definition) is 0. The molecule has 104 valence electrons. The molecular formula is C12H10N2O5S. The molecule has 8 heteroatoms. The first-order valence-corrected chi connectivity index (χ1v) is 6.82. The van der Waals surface area contributed by atoms with Crippen LogP contribution in [-0.2, 0) is 16.1 Å². The highest BCUT2D eigenvalue weighted by atomic mass is 32.1. The van der Waals surface area contributed by atoms with Crippen molar-refractivity contribution in [2.24, 2.45) is 5.92 Å². The topological polar surface area (TPSA) is 95.5 Å². The maximum Gasteiger partial charge on any atom is 0.316 e. The smallest absolute Gasteiger partial charge is 0.316 e. The molecule has 2 heterocycles. The van der Waals surface area contributed by atoms with Crippen molar-refractivity contribution in [3.05, 3.63) is 39.4 Å². The molecule has 1 saturated carbocycles. The summed E-state index contributed by atoms with van der Waals surface area (Å²) < 4.78 is 10.1. The predicted molar refractivity (Wildman–Crippen MR) is 68.5 cm³/mol. The van der Waals surface area contributed by atoms with Gasteiger partial charge in [0.2, 0.25) is 6.04 Å². The number of nitro groups is 1. The molecule has 2 unspecified atom stereocenters. The number of aromatic nitrogens is 1. The number of rotatable bonds is 5. The first-order chi connectivity index (χ1) is 9.65. The second-order valence-corrected chi connectivity index (χ2v) is 5.41. The van der Waals surface area contributed by atoms with Crippen LogP contribution in [0.4, 0.5) is 0 Å². The number of nitrogens with zero attached hydrogens (tertiary/aromatic N) is 2. The average molecular weight is 294 g/mol. The molecule has 0 radical (unpaired) electrons. The van der Waals surface area contributed by atoms with Gasteiger partial charge in [-0.05, 0) is 11.4 Å². The van der Waals surface area contributed by atoms with Crippen LogP contribution in [0.3, 0.4) is 0 Å². The Hall–Kier alpha value is -2.22. The Bertz CT molecular complexity index is 636. The summed E-state index contributed by atoms with van der Waals surface area (Å²) in [6.07, 6.45) is 0.255. The summed E-state index contributed by atoms with van der Waals surface area (Å²) in [5, 5.41) is 16.2. The van der Waals surface area contributed by atoms with Crippen LogP contribution in [-0.4, -0.2) is 22.1 Å². The van der Waals surface area contributed by atoms with Crippen LogP contribution in [0.15, 0.2) is 28.1 Å². The van der Waals surface area contributed by atoms with Gasteiger partial charge in [-0.2, -0.15) is 0 Å². The summed E-state index contributed by atoms with van der Waals surface area (Å²) in [4.78, 5) is 22.5. The molecule has 2 aromatic heterocycles. The summed E-state index contributed by atoms with van der Waals surface area (Å²) in [7, 11) is 0. The van der Waals surface area contributed by atoms with E-state index in [0.717, 1.165) is 4.88 Å². The highest BCUT2D eigenvalue weighted by Crippen LogP contribution is 2.34. The van der Waals surface area contributed by atoms with E-state index in [1.807, 2.05) is 17.5 Å². The van der Waals surface area contributed by atoms with E-state index in [2.05, 4.69) is 5.16 Å². The molecule has 1 fully saturated rings. The van der Waals surface area contributed by atoms with E-state index in [0.29, 0.717) is 11.5 Å². The van der Waals surface area contributed by atoms with Gasteiger partial charge in [-0.15, -0.1) is 11.3 Å². The summed E-state index contributed by atoms with van der Waals surface area (Å²) in [5.74, 6) is -0.554. The van der Waals surface area contributed by atoms with Crippen LogP contribution in [0.2, 0.25) is 0 Å². The van der Waals surface area contributed by atoms with Crippen molar-refractivity contribution >= 4 is 17.3 Å². The fourth-order valence-electron chi connectivity index (χ4n) is 1.83. The van der Waals surface area contributed by atoms with Crippen molar-refractivity contribution in [2.45, 2.75) is 19.1 Å². The lowest BCUT2D eigenvalue weighted by Gasteiger charge is -1.99. The lowest BCUT2D eigenvalue weighted by atomic mass is 10.3. The van der Waals surface area contributed by atoms with Crippen molar-refractivity contribution in [3.63, 3.8) is 0 Å². The SMILES string of the molecule is O=C(OCc1cc(-c2cccs2)on1)C1CC1[N+](=O)[O-]. The normalized spacial score (nSPS) is 20.6. The van der Waals surface area contributed by atoms with Crippen molar-refractivity contribution in [3.8, 4) is 10.6 Å².